The third-order valence-corrected chi connectivity index (χ3v) is 22.5. The second kappa shape index (κ2) is 24.6. The summed E-state index contributed by atoms with van der Waals surface area (Å²) >= 11 is 0. The van der Waals surface area contributed by atoms with Crippen LogP contribution < -0.4 is 14.7 Å². The maximum absolute atomic E-state index is 2.53. The average molecular weight is 1380 g/mol. The van der Waals surface area contributed by atoms with Crippen molar-refractivity contribution < 1.29 is 0 Å². The Morgan fingerprint density at radius 3 is 0.639 bits per heavy atom. The second-order valence-corrected chi connectivity index (χ2v) is 28.4. The quantitative estimate of drug-likeness (QED) is 0.122. The van der Waals surface area contributed by atoms with Gasteiger partial charge in [-0.3, -0.25) is 0 Å². The van der Waals surface area contributed by atoms with Crippen molar-refractivity contribution in [2.45, 2.75) is 0 Å². The van der Waals surface area contributed by atoms with Gasteiger partial charge in [0, 0.05) is 81.7 Å². The molecular weight excluding hydrogens is 1310 g/mol. The van der Waals surface area contributed by atoms with Gasteiger partial charge in [0.25, 0.3) is 0 Å². The van der Waals surface area contributed by atoms with Crippen LogP contribution in [0.5, 0.6) is 0 Å². The van der Waals surface area contributed by atoms with E-state index < -0.39 is 0 Å². The highest BCUT2D eigenvalue weighted by atomic mass is 15.2. The molecule has 6 heteroatoms. The standard InChI is InChI=1S/C102H66N6/c1-7-37-79-67(25-1)31-19-49-91(79)103(73-55-58-100-88(64-73)85-43-13-16-46-97(85)106(100)94-52-22-34-70-28-4-10-40-82(70)94)76-61-77(104(92-50-20-32-68-26-2-8-38-80(68)92)74-56-59-101-89(65-74)86-44-14-17-47-98(86)107(101)95-53-23-35-71-29-5-11-41-83(71)95)63-78(62-76)105(93-51-21-33-69-27-3-9-39-81(69)93)75-57-60-102-90(66-75)87-45-15-18-48-99(87)108(102)96-54-24-36-72-30-6-12-42-84(72)96/h1-66H. The van der Waals surface area contributed by atoms with Crippen LogP contribution in [0.25, 0.3) is 147 Å². The fraction of sp³-hybridized carbons (Fsp3) is 0. The molecule has 0 bridgehead atoms. The molecule has 0 radical (unpaired) electrons. The van der Waals surface area contributed by atoms with E-state index in [2.05, 4.69) is 429 Å². The Bertz CT molecular complexity index is 6690. The third-order valence-electron chi connectivity index (χ3n) is 22.5. The number of hydrogen-bond acceptors (Lipinski definition) is 3. The van der Waals surface area contributed by atoms with Gasteiger partial charge in [-0.1, -0.05) is 273 Å². The van der Waals surface area contributed by atoms with Gasteiger partial charge in [0.05, 0.1) is 84.3 Å². The minimum atomic E-state index is 0.966. The Labute approximate surface area is 623 Å². The summed E-state index contributed by atoms with van der Waals surface area (Å²) in [7, 11) is 0. The predicted octanol–water partition coefficient (Wildman–Crippen LogP) is 28.3. The van der Waals surface area contributed by atoms with E-state index >= 15 is 0 Å². The van der Waals surface area contributed by atoms with E-state index in [-0.39, 0.29) is 0 Å². The Balaban J connectivity index is 0.858. The van der Waals surface area contributed by atoms with Gasteiger partial charge in [-0.2, -0.15) is 0 Å². The predicted molar refractivity (Wildman–Crippen MR) is 459 cm³/mol. The lowest BCUT2D eigenvalue weighted by Gasteiger charge is -2.34. The van der Waals surface area contributed by atoms with Crippen molar-refractivity contribution in [3.05, 3.63) is 400 Å². The highest BCUT2D eigenvalue weighted by molar-refractivity contribution is 6.17. The molecule has 0 saturated carbocycles. The van der Waals surface area contributed by atoms with Gasteiger partial charge >= 0.3 is 0 Å². The minimum Gasteiger partial charge on any atom is -0.310 e. The van der Waals surface area contributed by atoms with Crippen LogP contribution in [0, 0.1) is 0 Å². The zero-order valence-corrected chi connectivity index (χ0v) is 58.8. The van der Waals surface area contributed by atoms with E-state index in [9.17, 15) is 0 Å². The maximum atomic E-state index is 2.53. The van der Waals surface area contributed by atoms with Crippen LogP contribution in [0.15, 0.2) is 400 Å². The lowest BCUT2D eigenvalue weighted by atomic mass is 10.0. The molecule has 0 aliphatic heterocycles. The molecule has 3 aromatic heterocycles. The SMILES string of the molecule is c1ccc2c(N(c3cc(N(c4ccc5c(c4)c4ccccc4n5-c4cccc5ccccc45)c4cccc5ccccc45)cc(N(c4ccc5c(c4)c4ccccc4n5-c4cccc5ccccc45)c4cccc5ccccc45)c3)c3ccc4c(c3)c3ccccc3n4-c3cccc4ccccc34)cccc2c1. The Hall–Kier alpha value is -14.5. The molecule has 0 saturated heterocycles. The molecule has 504 valence electrons. The first kappa shape index (κ1) is 61.1. The molecule has 108 heavy (non-hydrogen) atoms. The van der Waals surface area contributed by atoms with Crippen molar-refractivity contribution in [1.29, 1.82) is 0 Å². The number of anilines is 9. The van der Waals surface area contributed by atoms with Gasteiger partial charge < -0.3 is 28.4 Å². The van der Waals surface area contributed by atoms with Crippen molar-refractivity contribution in [2.24, 2.45) is 0 Å². The molecule has 0 spiro atoms. The molecular formula is C102H66N6. The molecule has 19 aromatic carbocycles. The van der Waals surface area contributed by atoms with Gasteiger partial charge in [0.1, 0.15) is 0 Å². The fourth-order valence-electron chi connectivity index (χ4n) is 17.7. The molecule has 0 aliphatic rings. The van der Waals surface area contributed by atoms with Crippen LogP contribution in [-0.4, -0.2) is 13.7 Å². The van der Waals surface area contributed by atoms with Gasteiger partial charge in [0.15, 0.2) is 0 Å². The van der Waals surface area contributed by atoms with Crippen LogP contribution >= 0.6 is 0 Å². The second-order valence-electron chi connectivity index (χ2n) is 28.4. The van der Waals surface area contributed by atoms with E-state index in [1.807, 2.05) is 0 Å². The first-order valence-electron chi connectivity index (χ1n) is 37.1. The first-order valence-corrected chi connectivity index (χ1v) is 37.1. The third kappa shape index (κ3) is 9.60. The topological polar surface area (TPSA) is 24.5 Å². The van der Waals surface area contributed by atoms with Crippen molar-refractivity contribution >= 4 is 181 Å². The molecule has 0 aliphatic carbocycles. The molecule has 22 rings (SSSR count). The van der Waals surface area contributed by atoms with E-state index in [4.69, 9.17) is 0 Å². The maximum Gasteiger partial charge on any atom is 0.0542 e. The Morgan fingerprint density at radius 1 is 0.139 bits per heavy atom. The smallest absolute Gasteiger partial charge is 0.0542 e. The molecule has 0 N–H and O–H groups in total. The normalized spacial score (nSPS) is 11.9. The Kier molecular flexibility index (Phi) is 13.9. The summed E-state index contributed by atoms with van der Waals surface area (Å²) < 4.78 is 7.40. The van der Waals surface area contributed by atoms with Gasteiger partial charge in [-0.05, 0) is 160 Å². The van der Waals surface area contributed by atoms with Gasteiger partial charge in [0.2, 0.25) is 0 Å². The molecule has 0 fully saturated rings. The lowest BCUT2D eigenvalue weighted by molar-refractivity contribution is 1.19. The van der Waals surface area contributed by atoms with E-state index in [1.54, 1.807) is 0 Å². The highest BCUT2D eigenvalue weighted by Crippen LogP contribution is 2.52. The number of nitrogens with zero attached hydrogens (tertiary/aromatic N) is 6. The van der Waals surface area contributed by atoms with Crippen molar-refractivity contribution in [3.63, 3.8) is 0 Å². The zero-order valence-electron chi connectivity index (χ0n) is 58.8. The summed E-state index contributed by atoms with van der Waals surface area (Å²) in [4.78, 5) is 7.59. The molecule has 22 aromatic rings. The molecule has 0 amide bonds. The summed E-state index contributed by atoms with van der Waals surface area (Å²) in [5.74, 6) is 0. The van der Waals surface area contributed by atoms with E-state index in [0.717, 1.165) is 150 Å². The summed E-state index contributed by atoms with van der Waals surface area (Å²) in [5, 5.41) is 21.0. The van der Waals surface area contributed by atoms with Crippen LogP contribution in [0.1, 0.15) is 0 Å². The van der Waals surface area contributed by atoms with E-state index in [0.29, 0.717) is 0 Å². The average Bonchev–Trinajstić information content (AvgIpc) is 1.58. The summed E-state index contributed by atoms with van der Waals surface area (Å²) in [5.41, 5.74) is 19.3. The highest BCUT2D eigenvalue weighted by Gasteiger charge is 2.28. The number of benzene rings is 19. The monoisotopic (exact) mass is 1370 g/mol. The van der Waals surface area contributed by atoms with Crippen molar-refractivity contribution in [2.75, 3.05) is 14.7 Å². The summed E-state index contributed by atoms with van der Waals surface area (Å²) in [6.45, 7) is 0. The van der Waals surface area contributed by atoms with Crippen molar-refractivity contribution in [1.82, 2.24) is 13.7 Å². The van der Waals surface area contributed by atoms with Gasteiger partial charge in [-0.25, -0.2) is 0 Å². The number of para-hydroxylation sites is 3. The molecule has 0 unspecified atom stereocenters. The molecule has 0 atom stereocenters. The minimum absolute atomic E-state index is 0.966. The van der Waals surface area contributed by atoms with Gasteiger partial charge in [-0.15, -0.1) is 0 Å². The van der Waals surface area contributed by atoms with Crippen LogP contribution in [0.4, 0.5) is 51.2 Å². The number of rotatable bonds is 12. The summed E-state index contributed by atoms with van der Waals surface area (Å²) in [6, 6.07) is 149. The first-order chi connectivity index (χ1) is 53.6. The largest absolute Gasteiger partial charge is 0.310 e. The van der Waals surface area contributed by atoms with Crippen LogP contribution in [-0.2, 0) is 0 Å². The number of fused-ring (bicyclic) bond motifs is 15. The number of aromatic nitrogens is 3. The zero-order chi connectivity index (χ0) is 70.9. The molecule has 6 nitrogen and oxygen atoms in total. The van der Waals surface area contributed by atoms with Crippen LogP contribution in [0.2, 0.25) is 0 Å². The number of hydrogen-bond donors (Lipinski definition) is 0. The van der Waals surface area contributed by atoms with Crippen molar-refractivity contribution in [3.8, 4) is 17.1 Å². The fourth-order valence-corrected chi connectivity index (χ4v) is 17.7. The lowest BCUT2D eigenvalue weighted by Crippen LogP contribution is -2.17. The Morgan fingerprint density at radius 2 is 0.352 bits per heavy atom. The molecule has 3 heterocycles. The van der Waals surface area contributed by atoms with Crippen LogP contribution in [0.3, 0.4) is 0 Å². The van der Waals surface area contributed by atoms with E-state index in [1.165, 1.54) is 48.5 Å². The summed E-state index contributed by atoms with van der Waals surface area (Å²) in [6.07, 6.45) is 0.